The van der Waals surface area contributed by atoms with Gasteiger partial charge in [0.1, 0.15) is 5.82 Å². The lowest BCUT2D eigenvalue weighted by Crippen LogP contribution is -2.30. The van der Waals surface area contributed by atoms with Crippen LogP contribution in [0.2, 0.25) is 0 Å². The number of aromatic amines is 1. The summed E-state index contributed by atoms with van der Waals surface area (Å²) >= 11 is 0. The smallest absolute Gasteiger partial charge is 0.280 e. The molecule has 7 nitrogen and oxygen atoms in total. The first-order chi connectivity index (χ1) is 15.9. The molecule has 0 saturated carbocycles. The van der Waals surface area contributed by atoms with Gasteiger partial charge in [0, 0.05) is 47.8 Å². The van der Waals surface area contributed by atoms with Crippen LogP contribution in [0.4, 0.5) is 15.8 Å². The summed E-state index contributed by atoms with van der Waals surface area (Å²) in [5, 5.41) is 4.47. The summed E-state index contributed by atoms with van der Waals surface area (Å²) in [6.45, 7) is 5.03. The number of fused-ring (bicyclic) bond motifs is 2. The standard InChI is InChI=1S/C25H25FN6O/c1-14-5-4-10-31(14)16-6-8-18(19(26)11-16)24-22-15(2)30(3)29-23(22)25(33)32(24)17-7-9-20-21(12-17)28-13-27-20/h6-9,11-14,24H,4-5,10H2,1-3H3,(H,27,28). The molecular formula is C25H25FN6O. The molecule has 1 saturated heterocycles. The quantitative estimate of drug-likeness (QED) is 0.506. The molecule has 1 N–H and O–H groups in total. The number of benzene rings is 2. The number of rotatable bonds is 3. The van der Waals surface area contributed by atoms with Gasteiger partial charge in [-0.3, -0.25) is 14.4 Å². The van der Waals surface area contributed by atoms with Gasteiger partial charge in [0.2, 0.25) is 0 Å². The Hall–Kier alpha value is -3.68. The summed E-state index contributed by atoms with van der Waals surface area (Å²) in [6, 6.07) is 10.8. The number of halogens is 1. The number of nitrogens with zero attached hydrogens (tertiary/aromatic N) is 5. The highest BCUT2D eigenvalue weighted by molar-refractivity contribution is 6.11. The van der Waals surface area contributed by atoms with Crippen LogP contribution >= 0.6 is 0 Å². The first-order valence-electron chi connectivity index (χ1n) is 11.3. The number of carbonyl (C=O) groups excluding carboxylic acids is 1. The fourth-order valence-corrected chi connectivity index (χ4v) is 5.34. The molecule has 1 fully saturated rings. The van der Waals surface area contributed by atoms with Gasteiger partial charge in [0.05, 0.1) is 23.4 Å². The second-order valence-electron chi connectivity index (χ2n) is 9.04. The highest BCUT2D eigenvalue weighted by Crippen LogP contribution is 2.44. The van der Waals surface area contributed by atoms with Crippen LogP contribution in [-0.2, 0) is 7.05 Å². The number of nitrogens with one attached hydrogen (secondary N) is 1. The van der Waals surface area contributed by atoms with Crippen molar-refractivity contribution in [2.24, 2.45) is 7.05 Å². The fourth-order valence-electron chi connectivity index (χ4n) is 5.34. The van der Waals surface area contributed by atoms with Crippen molar-refractivity contribution in [2.45, 2.75) is 38.8 Å². The monoisotopic (exact) mass is 444 g/mol. The van der Waals surface area contributed by atoms with Crippen molar-refractivity contribution in [3.05, 3.63) is 71.1 Å². The molecule has 2 aromatic heterocycles. The molecule has 2 aliphatic rings. The number of hydrogen-bond donors (Lipinski definition) is 1. The summed E-state index contributed by atoms with van der Waals surface area (Å²) in [7, 11) is 1.81. The molecular weight excluding hydrogens is 419 g/mol. The van der Waals surface area contributed by atoms with E-state index in [-0.39, 0.29) is 11.7 Å². The lowest BCUT2D eigenvalue weighted by Gasteiger charge is -2.28. The molecule has 33 heavy (non-hydrogen) atoms. The molecule has 4 aromatic rings. The lowest BCUT2D eigenvalue weighted by atomic mass is 9.97. The summed E-state index contributed by atoms with van der Waals surface area (Å²) in [5.74, 6) is -0.540. The van der Waals surface area contributed by atoms with E-state index in [0.29, 0.717) is 23.0 Å². The van der Waals surface area contributed by atoms with Gasteiger partial charge in [-0.1, -0.05) is 6.07 Å². The van der Waals surface area contributed by atoms with Crippen molar-refractivity contribution in [3.8, 4) is 0 Å². The summed E-state index contributed by atoms with van der Waals surface area (Å²) < 4.78 is 17.4. The molecule has 2 atom stereocenters. The van der Waals surface area contributed by atoms with Crippen molar-refractivity contribution in [1.82, 2.24) is 19.7 Å². The number of H-pyrrole nitrogens is 1. The Labute approximate surface area is 190 Å². The molecule has 2 aromatic carbocycles. The maximum atomic E-state index is 15.7. The van der Waals surface area contributed by atoms with Crippen molar-refractivity contribution < 1.29 is 9.18 Å². The SMILES string of the molecule is Cc1c2c(nn1C)C(=O)N(c1ccc3nc[nH]c3c1)C2c1ccc(N2CCCC2C)cc1F. The van der Waals surface area contributed by atoms with Gasteiger partial charge >= 0.3 is 0 Å². The van der Waals surface area contributed by atoms with Crippen molar-refractivity contribution in [2.75, 3.05) is 16.3 Å². The number of aryl methyl sites for hydroxylation is 1. The maximum Gasteiger partial charge on any atom is 0.280 e. The van der Waals surface area contributed by atoms with Gasteiger partial charge in [0.25, 0.3) is 5.91 Å². The average molecular weight is 445 g/mol. The molecule has 0 spiro atoms. The fraction of sp³-hybridized carbons (Fsp3) is 0.320. The molecule has 2 aliphatic heterocycles. The van der Waals surface area contributed by atoms with Crippen LogP contribution in [0, 0.1) is 12.7 Å². The van der Waals surface area contributed by atoms with Crippen LogP contribution in [0.3, 0.4) is 0 Å². The van der Waals surface area contributed by atoms with E-state index in [4.69, 9.17) is 0 Å². The van der Waals surface area contributed by atoms with E-state index in [0.717, 1.165) is 47.4 Å². The summed E-state index contributed by atoms with van der Waals surface area (Å²) in [5.41, 5.74) is 5.65. The molecule has 1 amide bonds. The normalized spacial score (nSPS) is 20.3. The lowest BCUT2D eigenvalue weighted by molar-refractivity contribution is 0.0988. The van der Waals surface area contributed by atoms with Crippen molar-refractivity contribution in [3.63, 3.8) is 0 Å². The molecule has 0 aliphatic carbocycles. The molecule has 0 radical (unpaired) electrons. The van der Waals surface area contributed by atoms with E-state index in [2.05, 4.69) is 26.9 Å². The van der Waals surface area contributed by atoms with Crippen LogP contribution in [0.1, 0.15) is 53.1 Å². The van der Waals surface area contributed by atoms with E-state index in [1.807, 2.05) is 44.3 Å². The number of amides is 1. The van der Waals surface area contributed by atoms with Crippen LogP contribution in [0.25, 0.3) is 11.0 Å². The Morgan fingerprint density at radius 3 is 2.73 bits per heavy atom. The van der Waals surface area contributed by atoms with Crippen LogP contribution in [0.15, 0.2) is 42.7 Å². The summed E-state index contributed by atoms with van der Waals surface area (Å²) in [4.78, 5) is 24.8. The predicted molar refractivity (Wildman–Crippen MR) is 125 cm³/mol. The van der Waals surface area contributed by atoms with Gasteiger partial charge in [-0.25, -0.2) is 9.37 Å². The average Bonchev–Trinajstić information content (AvgIpc) is 3.55. The minimum absolute atomic E-state index is 0.228. The third kappa shape index (κ3) is 2.90. The third-order valence-electron chi connectivity index (χ3n) is 7.18. The highest BCUT2D eigenvalue weighted by atomic mass is 19.1. The Balaban J connectivity index is 1.50. The first-order valence-corrected chi connectivity index (χ1v) is 11.3. The van der Waals surface area contributed by atoms with Crippen molar-refractivity contribution >= 4 is 28.3 Å². The van der Waals surface area contributed by atoms with Crippen LogP contribution < -0.4 is 9.80 Å². The van der Waals surface area contributed by atoms with E-state index in [1.165, 1.54) is 0 Å². The van der Waals surface area contributed by atoms with Crippen molar-refractivity contribution in [1.29, 1.82) is 0 Å². The molecule has 0 bridgehead atoms. The maximum absolute atomic E-state index is 15.7. The topological polar surface area (TPSA) is 70.0 Å². The minimum atomic E-state index is -0.591. The van der Waals surface area contributed by atoms with Gasteiger partial charge in [-0.15, -0.1) is 0 Å². The second kappa shape index (κ2) is 7.16. The van der Waals surface area contributed by atoms with E-state index in [9.17, 15) is 4.79 Å². The van der Waals surface area contributed by atoms with E-state index < -0.39 is 6.04 Å². The second-order valence-corrected chi connectivity index (χ2v) is 9.04. The Morgan fingerprint density at radius 1 is 1.15 bits per heavy atom. The zero-order valence-electron chi connectivity index (χ0n) is 18.8. The Morgan fingerprint density at radius 2 is 1.97 bits per heavy atom. The van der Waals surface area contributed by atoms with Gasteiger partial charge in [-0.2, -0.15) is 5.10 Å². The van der Waals surface area contributed by atoms with Gasteiger partial charge < -0.3 is 9.88 Å². The molecule has 2 unspecified atom stereocenters. The molecule has 8 heteroatoms. The third-order valence-corrected chi connectivity index (χ3v) is 7.18. The van der Waals surface area contributed by atoms with Gasteiger partial charge in [0.15, 0.2) is 5.69 Å². The Bertz CT molecular complexity index is 1410. The number of anilines is 2. The minimum Gasteiger partial charge on any atom is -0.369 e. The highest BCUT2D eigenvalue weighted by Gasteiger charge is 2.44. The van der Waals surface area contributed by atoms with Crippen LogP contribution in [0.5, 0.6) is 0 Å². The number of aromatic nitrogens is 4. The predicted octanol–water partition coefficient (Wildman–Crippen LogP) is 4.48. The molecule has 6 rings (SSSR count). The number of hydrogen-bond acceptors (Lipinski definition) is 4. The first kappa shape index (κ1) is 20.0. The largest absolute Gasteiger partial charge is 0.369 e. The molecule has 168 valence electrons. The number of imidazole rings is 1. The zero-order valence-corrected chi connectivity index (χ0v) is 18.8. The van der Waals surface area contributed by atoms with E-state index >= 15 is 4.39 Å². The summed E-state index contributed by atoms with van der Waals surface area (Å²) in [6.07, 6.45) is 3.85. The van der Waals surface area contributed by atoms with Gasteiger partial charge in [-0.05, 0) is 57.0 Å². The molecule has 4 heterocycles. The van der Waals surface area contributed by atoms with E-state index in [1.54, 1.807) is 22.0 Å². The van der Waals surface area contributed by atoms with Crippen LogP contribution in [-0.4, -0.2) is 38.2 Å². The zero-order chi connectivity index (χ0) is 22.9. The Kier molecular flexibility index (Phi) is 4.33. The number of carbonyl (C=O) groups is 1.